The summed E-state index contributed by atoms with van der Waals surface area (Å²) < 4.78 is 13.4. The first-order valence-electron chi connectivity index (χ1n) is 15.5. The zero-order valence-corrected chi connectivity index (χ0v) is 26.7. The molecule has 11 nitrogen and oxygen atoms in total. The Hall–Kier alpha value is -4.58. The zero-order chi connectivity index (χ0) is 32.7. The minimum absolute atomic E-state index is 0.0384. The van der Waals surface area contributed by atoms with Gasteiger partial charge in [-0.15, -0.1) is 0 Å². The molecule has 0 spiro atoms. The molecule has 1 aliphatic heterocycles. The smallest absolute Gasteiger partial charge is 0.330 e. The van der Waals surface area contributed by atoms with Gasteiger partial charge in [0.2, 0.25) is 5.88 Å². The molecular weight excluding hydrogens is 586 g/mol. The molecule has 11 heteroatoms. The Kier molecular flexibility index (Phi) is 8.65. The number of pyridine rings is 1. The molecule has 2 aromatic carbocycles. The van der Waals surface area contributed by atoms with Crippen molar-refractivity contribution in [1.82, 2.24) is 19.4 Å². The number of anilines is 1. The molecule has 1 saturated heterocycles. The molecule has 1 fully saturated rings. The van der Waals surface area contributed by atoms with E-state index in [0.717, 1.165) is 62.9 Å². The number of fused-ring (bicyclic) bond motifs is 1. The first-order chi connectivity index (χ1) is 22.1. The third-order valence-electron chi connectivity index (χ3n) is 9.27. The monoisotopic (exact) mass is 625 g/mol. The van der Waals surface area contributed by atoms with E-state index in [2.05, 4.69) is 23.6 Å². The van der Waals surface area contributed by atoms with E-state index < -0.39 is 23.3 Å². The Morgan fingerprint density at radius 2 is 1.76 bits per heavy atom. The lowest BCUT2D eigenvalue weighted by molar-refractivity contribution is -0.0304. The first-order valence-corrected chi connectivity index (χ1v) is 15.5. The first kappa shape index (κ1) is 31.4. The van der Waals surface area contributed by atoms with Gasteiger partial charge in [0.25, 0.3) is 11.5 Å². The highest BCUT2D eigenvalue weighted by Gasteiger charge is 2.33. The summed E-state index contributed by atoms with van der Waals surface area (Å²) in [4.78, 5) is 42.9. The number of nitrogens with one attached hydrogen (secondary N) is 2. The van der Waals surface area contributed by atoms with Crippen LogP contribution in [0.3, 0.4) is 0 Å². The van der Waals surface area contributed by atoms with Crippen LogP contribution in [0.25, 0.3) is 22.4 Å². The molecule has 1 amide bonds. The quantitative estimate of drug-likeness (QED) is 0.284. The van der Waals surface area contributed by atoms with Crippen LogP contribution >= 0.6 is 0 Å². The number of benzene rings is 2. The van der Waals surface area contributed by atoms with Crippen LogP contribution in [0.1, 0.15) is 51.5 Å². The van der Waals surface area contributed by atoms with Crippen LogP contribution in [-0.4, -0.2) is 57.6 Å². The van der Waals surface area contributed by atoms with E-state index in [0.29, 0.717) is 24.8 Å². The highest BCUT2D eigenvalue weighted by atomic mass is 16.5. The summed E-state index contributed by atoms with van der Waals surface area (Å²) in [5.74, 6) is -0.00483. The number of aromatic nitrogens is 3. The molecular formula is C35H39N5O6. The predicted molar refractivity (Wildman–Crippen MR) is 175 cm³/mol. The summed E-state index contributed by atoms with van der Waals surface area (Å²) in [6.45, 7) is 4.95. The number of aryl methyl sites for hydroxylation is 2. The van der Waals surface area contributed by atoms with Crippen LogP contribution in [0.5, 0.6) is 5.88 Å². The summed E-state index contributed by atoms with van der Waals surface area (Å²) in [6.07, 6.45) is 3.23. The number of ether oxygens (including phenoxy) is 2. The minimum atomic E-state index is -0.654. The molecule has 3 N–H and O–H groups in total. The number of hydrogen-bond acceptors (Lipinski definition) is 8. The fourth-order valence-electron chi connectivity index (χ4n) is 6.66. The lowest BCUT2D eigenvalue weighted by atomic mass is 9.91. The topological polar surface area (TPSA) is 137 Å². The van der Waals surface area contributed by atoms with E-state index >= 15 is 0 Å². The van der Waals surface area contributed by atoms with Crippen LogP contribution in [0.2, 0.25) is 0 Å². The van der Waals surface area contributed by atoms with Gasteiger partial charge >= 0.3 is 5.69 Å². The fraction of sp³-hybridized carbons (Fsp3) is 0.371. The fourth-order valence-corrected chi connectivity index (χ4v) is 6.66. The molecule has 3 atom stereocenters. The Morgan fingerprint density at radius 3 is 2.50 bits per heavy atom. The van der Waals surface area contributed by atoms with E-state index in [9.17, 15) is 19.5 Å². The normalized spacial score (nSPS) is 19.1. The molecule has 4 aromatic rings. The average molecular weight is 626 g/mol. The van der Waals surface area contributed by atoms with E-state index in [4.69, 9.17) is 14.5 Å². The van der Waals surface area contributed by atoms with Gasteiger partial charge in [0.1, 0.15) is 5.56 Å². The molecule has 0 radical (unpaired) electrons. The second-order valence-corrected chi connectivity index (χ2v) is 12.1. The number of rotatable bonds is 7. The largest absolute Gasteiger partial charge is 0.481 e. The van der Waals surface area contributed by atoms with E-state index in [1.165, 1.54) is 30.4 Å². The van der Waals surface area contributed by atoms with E-state index in [1.54, 1.807) is 13.2 Å². The number of aliphatic hydroxyl groups is 1. The summed E-state index contributed by atoms with van der Waals surface area (Å²) >= 11 is 0. The second-order valence-electron chi connectivity index (χ2n) is 12.1. The highest BCUT2D eigenvalue weighted by Crippen LogP contribution is 2.41. The van der Waals surface area contributed by atoms with Gasteiger partial charge in [-0.3, -0.25) is 14.2 Å². The van der Waals surface area contributed by atoms with E-state index in [1.807, 2.05) is 37.3 Å². The van der Waals surface area contributed by atoms with Crippen molar-refractivity contribution in [2.45, 2.75) is 51.3 Å². The molecule has 0 saturated carbocycles. The Bertz CT molecular complexity index is 1950. The van der Waals surface area contributed by atoms with Gasteiger partial charge in [0.05, 0.1) is 25.5 Å². The van der Waals surface area contributed by atoms with Crippen LogP contribution in [0.15, 0.2) is 58.3 Å². The Balaban J connectivity index is 1.31. The maximum Gasteiger partial charge on any atom is 0.330 e. The molecule has 3 heterocycles. The average Bonchev–Trinajstić information content (AvgIpc) is 3.46. The van der Waals surface area contributed by atoms with Gasteiger partial charge in [-0.1, -0.05) is 30.3 Å². The van der Waals surface area contributed by atoms with Crippen molar-refractivity contribution in [2.75, 3.05) is 25.6 Å². The molecule has 3 unspecified atom stereocenters. The molecule has 46 heavy (non-hydrogen) atoms. The predicted octanol–water partition coefficient (Wildman–Crippen LogP) is 3.42. The number of hydrogen-bond donors (Lipinski definition) is 3. The van der Waals surface area contributed by atoms with Gasteiger partial charge in [-0.25, -0.2) is 9.78 Å². The van der Waals surface area contributed by atoms with Crippen LogP contribution in [-0.2, 0) is 25.3 Å². The van der Waals surface area contributed by atoms with E-state index in [-0.39, 0.29) is 17.6 Å². The second kappa shape index (κ2) is 12.7. The highest BCUT2D eigenvalue weighted by molar-refractivity contribution is 6.04. The molecule has 2 aliphatic rings. The molecule has 2 aromatic heterocycles. The zero-order valence-electron chi connectivity index (χ0n) is 26.7. The number of amides is 1. The molecule has 6 rings (SSSR count). The summed E-state index contributed by atoms with van der Waals surface area (Å²) in [7, 11) is 4.49. The summed E-state index contributed by atoms with van der Waals surface area (Å²) in [5, 5.41) is 16.9. The number of methoxy groups -OCH3 is 1. The van der Waals surface area contributed by atoms with Crippen molar-refractivity contribution >= 4 is 11.6 Å². The Morgan fingerprint density at radius 1 is 1.04 bits per heavy atom. The lowest BCUT2D eigenvalue weighted by Gasteiger charge is -2.31. The minimum Gasteiger partial charge on any atom is -0.481 e. The van der Waals surface area contributed by atoms with Gasteiger partial charge in [0, 0.05) is 55.8 Å². The standard InChI is InChI=1S/C35H39N5O6/c1-19-22(23-9-7-11-26(20(23)2)37-32(42)25-17-39(3)35(44)40(4)34(25)43)8-6-10-24(19)29-16-21-12-13-28(31(21)33(38-29)45-5)36-27-14-15-46-18-30(27)41/h6-11,16-17,27-28,30,36,41H,12-15,18H2,1-5H3,(H,37,42). The van der Waals surface area contributed by atoms with Crippen molar-refractivity contribution in [1.29, 1.82) is 0 Å². The molecule has 240 valence electrons. The van der Waals surface area contributed by atoms with Crippen molar-refractivity contribution in [3.63, 3.8) is 0 Å². The summed E-state index contributed by atoms with van der Waals surface area (Å²) in [6, 6.07) is 13.9. The van der Waals surface area contributed by atoms with Gasteiger partial charge in [-0.2, -0.15) is 0 Å². The summed E-state index contributed by atoms with van der Waals surface area (Å²) in [5.41, 5.74) is 7.07. The molecule has 1 aliphatic carbocycles. The number of aliphatic hydroxyl groups excluding tert-OH is 1. The maximum atomic E-state index is 13.2. The maximum absolute atomic E-state index is 13.2. The lowest BCUT2D eigenvalue weighted by Crippen LogP contribution is -2.47. The number of nitrogens with zero attached hydrogens (tertiary/aromatic N) is 3. The van der Waals surface area contributed by atoms with Crippen LogP contribution in [0.4, 0.5) is 5.69 Å². The van der Waals surface area contributed by atoms with Gasteiger partial charge in [0.15, 0.2) is 0 Å². The van der Waals surface area contributed by atoms with Crippen molar-refractivity contribution < 1.29 is 19.4 Å². The van der Waals surface area contributed by atoms with Gasteiger partial charge in [-0.05, 0) is 73.1 Å². The number of carbonyl (C=O) groups excluding carboxylic acids is 1. The molecule has 0 bridgehead atoms. The third-order valence-corrected chi connectivity index (χ3v) is 9.27. The van der Waals surface area contributed by atoms with Crippen molar-refractivity contribution in [3.8, 4) is 28.3 Å². The van der Waals surface area contributed by atoms with Crippen LogP contribution < -0.4 is 26.6 Å². The third kappa shape index (κ3) is 5.66. The number of carbonyl (C=O) groups is 1. The van der Waals surface area contributed by atoms with Crippen molar-refractivity contribution in [3.05, 3.63) is 97.3 Å². The van der Waals surface area contributed by atoms with Crippen molar-refractivity contribution in [2.24, 2.45) is 14.1 Å². The SMILES string of the molecule is COc1nc(-c2cccc(-c3cccc(NC(=O)c4cn(C)c(=O)n(C)c4=O)c3C)c2C)cc2c1C(NC1CCOCC1O)CC2. The van der Waals surface area contributed by atoms with Crippen LogP contribution in [0, 0.1) is 13.8 Å². The Labute approximate surface area is 266 Å². The van der Waals surface area contributed by atoms with Gasteiger partial charge < -0.3 is 29.8 Å².